The minimum absolute atomic E-state index is 0.150. The summed E-state index contributed by atoms with van der Waals surface area (Å²) in [6.45, 7) is 0.839. The number of benzene rings is 3. The molecule has 6 nitrogen and oxygen atoms in total. The van der Waals surface area contributed by atoms with E-state index >= 15 is 0 Å². The number of aromatic nitrogens is 2. The van der Waals surface area contributed by atoms with Gasteiger partial charge in [-0.05, 0) is 36.4 Å². The molecule has 3 aromatic carbocycles. The normalized spacial score (nSPS) is 12.7. The average molecular weight is 477 g/mol. The number of carbonyl (C=O) groups is 1. The summed E-state index contributed by atoms with van der Waals surface area (Å²) < 4.78 is 13.4. The highest BCUT2D eigenvalue weighted by Crippen LogP contribution is 2.35. The first-order chi connectivity index (χ1) is 15.1. The number of ketones is 1. The summed E-state index contributed by atoms with van der Waals surface area (Å²) in [6, 6.07) is 19.9. The molecule has 5 rings (SSSR count). The molecule has 0 saturated carbocycles. The van der Waals surface area contributed by atoms with Gasteiger partial charge in [-0.15, -0.1) is 0 Å². The summed E-state index contributed by atoms with van der Waals surface area (Å²) in [4.78, 5) is 25.9. The second kappa shape index (κ2) is 8.00. The van der Waals surface area contributed by atoms with Gasteiger partial charge < -0.3 is 9.47 Å². The van der Waals surface area contributed by atoms with E-state index in [2.05, 4.69) is 21.0 Å². The maximum absolute atomic E-state index is 13.1. The minimum atomic E-state index is -0.303. The van der Waals surface area contributed by atoms with Crippen molar-refractivity contribution in [2.75, 3.05) is 13.2 Å². The second-order valence-electron chi connectivity index (χ2n) is 7.15. The molecule has 0 saturated heterocycles. The molecule has 0 fully saturated rings. The number of halogens is 1. The van der Waals surface area contributed by atoms with E-state index in [0.29, 0.717) is 41.4 Å². The fourth-order valence-corrected chi connectivity index (χ4v) is 3.87. The maximum Gasteiger partial charge on any atom is 0.275 e. The molecule has 0 radical (unpaired) electrons. The molecule has 154 valence electrons. The Balaban J connectivity index is 1.62. The highest BCUT2D eigenvalue weighted by Gasteiger charge is 2.18. The van der Waals surface area contributed by atoms with E-state index < -0.39 is 0 Å². The van der Waals surface area contributed by atoms with Crippen LogP contribution in [0.5, 0.6) is 11.5 Å². The molecule has 31 heavy (non-hydrogen) atoms. The van der Waals surface area contributed by atoms with Crippen molar-refractivity contribution in [2.45, 2.75) is 6.54 Å². The molecular weight excluding hydrogens is 460 g/mol. The van der Waals surface area contributed by atoms with Gasteiger partial charge >= 0.3 is 0 Å². The Labute approximate surface area is 186 Å². The first kappa shape index (κ1) is 19.5. The van der Waals surface area contributed by atoms with Crippen molar-refractivity contribution in [3.8, 4) is 22.8 Å². The van der Waals surface area contributed by atoms with E-state index in [4.69, 9.17) is 9.47 Å². The second-order valence-corrected chi connectivity index (χ2v) is 8.06. The van der Waals surface area contributed by atoms with Gasteiger partial charge in [0.25, 0.3) is 5.56 Å². The molecule has 7 heteroatoms. The minimum Gasteiger partial charge on any atom is -0.486 e. The standard InChI is InChI=1S/C24H17BrN2O4/c25-17-8-5-15(6-9-17)20(28)14-27-24(29)19-4-2-1-3-18(19)23(26-27)16-7-10-21-22(13-16)31-12-11-30-21/h1-10,13H,11-12,14H2. The van der Waals surface area contributed by atoms with Crippen LogP contribution in [0.4, 0.5) is 0 Å². The molecular formula is C24H17BrN2O4. The summed E-state index contributed by atoms with van der Waals surface area (Å²) in [5.41, 5.74) is 1.61. The highest BCUT2D eigenvalue weighted by atomic mass is 79.9. The van der Waals surface area contributed by atoms with Crippen molar-refractivity contribution in [3.05, 3.63) is 87.1 Å². The number of fused-ring (bicyclic) bond motifs is 2. The van der Waals surface area contributed by atoms with Gasteiger partial charge in [-0.3, -0.25) is 9.59 Å². The Kier molecular flexibility index (Phi) is 5.03. The zero-order valence-electron chi connectivity index (χ0n) is 16.4. The topological polar surface area (TPSA) is 70.4 Å². The Morgan fingerprint density at radius 1 is 0.935 bits per heavy atom. The smallest absolute Gasteiger partial charge is 0.275 e. The molecule has 1 aliphatic rings. The van der Waals surface area contributed by atoms with E-state index in [1.54, 1.807) is 36.4 Å². The van der Waals surface area contributed by atoms with Crippen LogP contribution in [-0.4, -0.2) is 28.8 Å². The van der Waals surface area contributed by atoms with Crippen molar-refractivity contribution in [1.82, 2.24) is 9.78 Å². The van der Waals surface area contributed by atoms with Crippen molar-refractivity contribution in [1.29, 1.82) is 0 Å². The predicted octanol–water partition coefficient (Wildman–Crippen LogP) is 4.48. The summed E-state index contributed by atoms with van der Waals surface area (Å²) in [6.07, 6.45) is 0. The lowest BCUT2D eigenvalue weighted by molar-refractivity contribution is 0.0966. The van der Waals surface area contributed by atoms with Gasteiger partial charge in [0.1, 0.15) is 19.8 Å². The predicted molar refractivity (Wildman–Crippen MR) is 121 cm³/mol. The van der Waals surface area contributed by atoms with Crippen LogP contribution >= 0.6 is 15.9 Å². The fourth-order valence-electron chi connectivity index (χ4n) is 3.61. The number of nitrogens with zero attached hydrogens (tertiary/aromatic N) is 2. The number of ether oxygens (including phenoxy) is 2. The van der Waals surface area contributed by atoms with Crippen LogP contribution in [-0.2, 0) is 6.54 Å². The summed E-state index contributed by atoms with van der Waals surface area (Å²) >= 11 is 3.36. The van der Waals surface area contributed by atoms with Crippen LogP contribution in [0.1, 0.15) is 10.4 Å². The first-order valence-electron chi connectivity index (χ1n) is 9.79. The fraction of sp³-hybridized carbons (Fsp3) is 0.125. The van der Waals surface area contributed by atoms with Gasteiger partial charge in [0.2, 0.25) is 0 Å². The van der Waals surface area contributed by atoms with Gasteiger partial charge in [-0.1, -0.05) is 46.3 Å². The van der Waals surface area contributed by atoms with Crippen LogP contribution in [0.3, 0.4) is 0 Å². The first-order valence-corrected chi connectivity index (χ1v) is 10.6. The zero-order chi connectivity index (χ0) is 21.4. The molecule has 1 aliphatic heterocycles. The quantitative estimate of drug-likeness (QED) is 0.406. The van der Waals surface area contributed by atoms with E-state index in [9.17, 15) is 9.59 Å². The lowest BCUT2D eigenvalue weighted by Crippen LogP contribution is -2.27. The molecule has 0 N–H and O–H groups in total. The molecule has 1 aromatic heterocycles. The SMILES string of the molecule is O=C(Cn1nc(-c2ccc3c(c2)OCCO3)c2ccccc2c1=O)c1ccc(Br)cc1. The van der Waals surface area contributed by atoms with Gasteiger partial charge in [0, 0.05) is 21.0 Å². The van der Waals surface area contributed by atoms with Gasteiger partial charge in [0.15, 0.2) is 17.3 Å². The summed E-state index contributed by atoms with van der Waals surface area (Å²) in [5, 5.41) is 5.80. The molecule has 0 spiro atoms. The third-order valence-electron chi connectivity index (χ3n) is 5.14. The summed E-state index contributed by atoms with van der Waals surface area (Å²) in [5.74, 6) is 1.13. The van der Waals surface area contributed by atoms with Crippen LogP contribution in [0.15, 0.2) is 76.0 Å². The number of Topliss-reactive ketones (excluding diaryl/α,β-unsaturated/α-hetero) is 1. The highest BCUT2D eigenvalue weighted by molar-refractivity contribution is 9.10. The largest absolute Gasteiger partial charge is 0.486 e. The third-order valence-corrected chi connectivity index (χ3v) is 5.67. The van der Waals surface area contributed by atoms with E-state index in [1.165, 1.54) is 4.68 Å². The maximum atomic E-state index is 13.1. The van der Waals surface area contributed by atoms with Gasteiger partial charge in [0.05, 0.1) is 11.1 Å². The average Bonchev–Trinajstić information content (AvgIpc) is 2.81. The molecule has 0 bridgehead atoms. The van der Waals surface area contributed by atoms with E-state index in [0.717, 1.165) is 15.4 Å². The van der Waals surface area contributed by atoms with Gasteiger partial charge in [-0.25, -0.2) is 4.68 Å². The van der Waals surface area contributed by atoms with Crippen LogP contribution in [0.25, 0.3) is 22.0 Å². The zero-order valence-corrected chi connectivity index (χ0v) is 18.0. The van der Waals surface area contributed by atoms with Crippen molar-refractivity contribution in [3.63, 3.8) is 0 Å². The number of rotatable bonds is 4. The van der Waals surface area contributed by atoms with Crippen molar-refractivity contribution < 1.29 is 14.3 Å². The van der Waals surface area contributed by atoms with Crippen molar-refractivity contribution >= 4 is 32.5 Å². The van der Waals surface area contributed by atoms with Crippen LogP contribution < -0.4 is 15.0 Å². The Bertz CT molecular complexity index is 1360. The number of hydrogen-bond donors (Lipinski definition) is 0. The number of carbonyl (C=O) groups excluding carboxylic acids is 1. The number of hydrogen-bond acceptors (Lipinski definition) is 5. The Hall–Kier alpha value is -3.45. The molecule has 0 unspecified atom stereocenters. The lowest BCUT2D eigenvalue weighted by Gasteiger charge is -2.19. The summed E-state index contributed by atoms with van der Waals surface area (Å²) in [7, 11) is 0. The monoisotopic (exact) mass is 476 g/mol. The van der Waals surface area contributed by atoms with Crippen LogP contribution in [0.2, 0.25) is 0 Å². The Morgan fingerprint density at radius 2 is 1.65 bits per heavy atom. The molecule has 0 amide bonds. The lowest BCUT2D eigenvalue weighted by atomic mass is 10.0. The molecule has 0 atom stereocenters. The molecule has 2 heterocycles. The Morgan fingerprint density at radius 3 is 2.42 bits per heavy atom. The molecule has 4 aromatic rings. The van der Waals surface area contributed by atoms with E-state index in [-0.39, 0.29) is 17.9 Å². The van der Waals surface area contributed by atoms with Gasteiger partial charge in [-0.2, -0.15) is 5.10 Å². The van der Waals surface area contributed by atoms with Crippen LogP contribution in [0, 0.1) is 0 Å². The van der Waals surface area contributed by atoms with E-state index in [1.807, 2.05) is 30.3 Å². The van der Waals surface area contributed by atoms with Crippen molar-refractivity contribution in [2.24, 2.45) is 0 Å². The molecule has 0 aliphatic carbocycles. The third kappa shape index (κ3) is 3.72.